The highest BCUT2D eigenvalue weighted by molar-refractivity contribution is 5.82. The first-order valence-corrected chi connectivity index (χ1v) is 8.29. The summed E-state index contributed by atoms with van der Waals surface area (Å²) in [4.78, 5) is 12.3. The number of fused-ring (bicyclic) bond motifs is 1. The predicted octanol–water partition coefficient (Wildman–Crippen LogP) is 3.12. The first-order chi connectivity index (χ1) is 11.4. The molecule has 0 bridgehead atoms. The molecule has 4 nitrogen and oxygen atoms in total. The van der Waals surface area contributed by atoms with Crippen LogP contribution in [-0.2, 0) is 11.3 Å². The van der Waals surface area contributed by atoms with E-state index in [9.17, 15) is 18.0 Å². The van der Waals surface area contributed by atoms with Gasteiger partial charge >= 0.3 is 6.36 Å². The third-order valence-electron chi connectivity index (χ3n) is 4.80. The molecular weight excluding hydrogens is 321 g/mol. The van der Waals surface area contributed by atoms with Crippen molar-refractivity contribution < 1.29 is 22.7 Å². The second kappa shape index (κ2) is 7.01. The lowest BCUT2D eigenvalue weighted by Crippen LogP contribution is -2.42. The van der Waals surface area contributed by atoms with Gasteiger partial charge in [0.05, 0.1) is 6.04 Å². The number of halogens is 3. The largest absolute Gasteiger partial charge is 0.573 e. The van der Waals surface area contributed by atoms with Crippen LogP contribution in [0.5, 0.6) is 5.75 Å². The normalized spacial score (nSPS) is 26.7. The van der Waals surface area contributed by atoms with Crippen molar-refractivity contribution in [1.82, 2.24) is 10.6 Å². The van der Waals surface area contributed by atoms with Crippen molar-refractivity contribution in [2.75, 3.05) is 0 Å². The number of hydrogen-bond donors (Lipinski definition) is 2. The Morgan fingerprint density at radius 3 is 2.58 bits per heavy atom. The Bertz CT molecular complexity index is 560. The highest BCUT2D eigenvalue weighted by atomic mass is 19.4. The number of alkyl halides is 3. The van der Waals surface area contributed by atoms with Gasteiger partial charge in [-0.25, -0.2) is 0 Å². The monoisotopic (exact) mass is 342 g/mol. The standard InChI is InChI=1S/C17H21F3N2O2/c18-17(19,20)24-13-7-5-11(6-8-13)10-21-16(23)15-9-12-3-1-2-4-14(12)22-15/h5-8,12,14-15,22H,1-4,9-10H2,(H,21,23). The molecule has 1 saturated heterocycles. The topological polar surface area (TPSA) is 50.4 Å². The molecule has 1 amide bonds. The molecule has 132 valence electrons. The second-order valence-corrected chi connectivity index (χ2v) is 6.52. The van der Waals surface area contributed by atoms with E-state index in [-0.39, 0.29) is 17.7 Å². The lowest BCUT2D eigenvalue weighted by atomic mass is 9.85. The van der Waals surface area contributed by atoms with Gasteiger partial charge in [0.1, 0.15) is 5.75 Å². The fraction of sp³-hybridized carbons (Fsp3) is 0.588. The van der Waals surface area contributed by atoms with Crippen molar-refractivity contribution in [2.24, 2.45) is 5.92 Å². The molecule has 2 N–H and O–H groups in total. The smallest absolute Gasteiger partial charge is 0.406 e. The van der Waals surface area contributed by atoms with E-state index >= 15 is 0 Å². The van der Waals surface area contributed by atoms with Gasteiger partial charge in [0.2, 0.25) is 5.91 Å². The summed E-state index contributed by atoms with van der Waals surface area (Å²) in [5, 5.41) is 6.26. The molecule has 1 aromatic rings. The van der Waals surface area contributed by atoms with Crippen LogP contribution in [0.2, 0.25) is 0 Å². The Labute approximate surface area is 138 Å². The Morgan fingerprint density at radius 2 is 1.92 bits per heavy atom. The third kappa shape index (κ3) is 4.41. The highest BCUT2D eigenvalue weighted by Crippen LogP contribution is 2.33. The van der Waals surface area contributed by atoms with Crippen LogP contribution < -0.4 is 15.4 Å². The number of carbonyl (C=O) groups excluding carboxylic acids is 1. The van der Waals surface area contributed by atoms with Crippen LogP contribution in [0.25, 0.3) is 0 Å². The van der Waals surface area contributed by atoms with Crippen molar-refractivity contribution in [1.29, 1.82) is 0 Å². The molecule has 0 radical (unpaired) electrons. The van der Waals surface area contributed by atoms with Crippen LogP contribution in [0.1, 0.15) is 37.7 Å². The van der Waals surface area contributed by atoms with Crippen LogP contribution in [0.15, 0.2) is 24.3 Å². The summed E-state index contributed by atoms with van der Waals surface area (Å²) in [6, 6.07) is 5.82. The molecule has 0 spiro atoms. The Hall–Kier alpha value is -1.76. The summed E-state index contributed by atoms with van der Waals surface area (Å²) in [7, 11) is 0. The van der Waals surface area contributed by atoms with Crippen LogP contribution >= 0.6 is 0 Å². The number of carbonyl (C=O) groups is 1. The molecular formula is C17H21F3N2O2. The Kier molecular flexibility index (Phi) is 4.99. The van der Waals surface area contributed by atoms with E-state index in [0.29, 0.717) is 18.5 Å². The maximum atomic E-state index is 12.3. The molecule has 1 aliphatic carbocycles. The number of amides is 1. The van der Waals surface area contributed by atoms with Gasteiger partial charge in [0.15, 0.2) is 0 Å². The van der Waals surface area contributed by atoms with Gasteiger partial charge in [-0.1, -0.05) is 25.0 Å². The number of nitrogens with one attached hydrogen (secondary N) is 2. The van der Waals surface area contributed by atoms with Gasteiger partial charge < -0.3 is 15.4 Å². The summed E-state index contributed by atoms with van der Waals surface area (Å²) in [6.07, 6.45) is 0.950. The maximum absolute atomic E-state index is 12.3. The average Bonchev–Trinajstić information content (AvgIpc) is 2.96. The first kappa shape index (κ1) is 17.1. The number of ether oxygens (including phenoxy) is 1. The van der Waals surface area contributed by atoms with Gasteiger partial charge in [-0.3, -0.25) is 4.79 Å². The zero-order valence-electron chi connectivity index (χ0n) is 13.2. The van der Waals surface area contributed by atoms with E-state index in [1.54, 1.807) is 0 Å². The molecule has 7 heteroatoms. The minimum Gasteiger partial charge on any atom is -0.406 e. The lowest BCUT2D eigenvalue weighted by molar-refractivity contribution is -0.274. The van der Waals surface area contributed by atoms with E-state index in [2.05, 4.69) is 15.4 Å². The van der Waals surface area contributed by atoms with Crippen molar-refractivity contribution >= 4 is 5.91 Å². The van der Waals surface area contributed by atoms with Gasteiger partial charge in [0.25, 0.3) is 0 Å². The maximum Gasteiger partial charge on any atom is 0.573 e. The fourth-order valence-corrected chi connectivity index (χ4v) is 3.64. The number of rotatable bonds is 4. The Morgan fingerprint density at radius 1 is 1.21 bits per heavy atom. The molecule has 1 aromatic carbocycles. The molecule has 24 heavy (non-hydrogen) atoms. The summed E-state index contributed by atoms with van der Waals surface area (Å²) in [6.45, 7) is 0.290. The molecule has 3 rings (SSSR count). The fourth-order valence-electron chi connectivity index (χ4n) is 3.64. The van der Waals surface area contributed by atoms with Crippen molar-refractivity contribution in [3.8, 4) is 5.75 Å². The van der Waals surface area contributed by atoms with Crippen LogP contribution in [-0.4, -0.2) is 24.4 Å². The minimum atomic E-state index is -4.69. The average molecular weight is 342 g/mol. The van der Waals surface area contributed by atoms with Crippen molar-refractivity contribution in [3.63, 3.8) is 0 Å². The molecule has 2 fully saturated rings. The highest BCUT2D eigenvalue weighted by Gasteiger charge is 2.38. The van der Waals surface area contributed by atoms with Gasteiger partial charge in [-0.05, 0) is 42.9 Å². The molecule has 3 unspecified atom stereocenters. The van der Waals surface area contributed by atoms with E-state index in [4.69, 9.17) is 0 Å². The number of benzene rings is 1. The third-order valence-corrected chi connectivity index (χ3v) is 4.80. The van der Waals surface area contributed by atoms with E-state index < -0.39 is 6.36 Å². The summed E-state index contributed by atoms with van der Waals surface area (Å²) in [5.41, 5.74) is 0.730. The second-order valence-electron chi connectivity index (χ2n) is 6.52. The minimum absolute atomic E-state index is 0.0416. The molecule has 1 saturated carbocycles. The molecule has 1 heterocycles. The van der Waals surface area contributed by atoms with Crippen molar-refractivity contribution in [3.05, 3.63) is 29.8 Å². The molecule has 2 aliphatic rings. The quantitative estimate of drug-likeness (QED) is 0.884. The molecule has 1 aliphatic heterocycles. The summed E-state index contributed by atoms with van der Waals surface area (Å²) in [5.74, 6) is 0.285. The van der Waals surface area contributed by atoms with Gasteiger partial charge in [0, 0.05) is 12.6 Å². The number of hydrogen-bond acceptors (Lipinski definition) is 3. The van der Waals surface area contributed by atoms with Gasteiger partial charge in [-0.2, -0.15) is 0 Å². The van der Waals surface area contributed by atoms with Crippen molar-refractivity contribution in [2.45, 2.75) is 57.1 Å². The predicted molar refractivity (Wildman–Crippen MR) is 82.3 cm³/mol. The van der Waals surface area contributed by atoms with Crippen LogP contribution in [0.4, 0.5) is 13.2 Å². The summed E-state index contributed by atoms with van der Waals surface area (Å²) < 4.78 is 40.1. The van der Waals surface area contributed by atoms with Crippen LogP contribution in [0, 0.1) is 5.92 Å². The van der Waals surface area contributed by atoms with Gasteiger partial charge in [-0.15, -0.1) is 13.2 Å². The van der Waals surface area contributed by atoms with Crippen LogP contribution in [0.3, 0.4) is 0 Å². The zero-order chi connectivity index (χ0) is 17.2. The molecule has 3 atom stereocenters. The summed E-state index contributed by atoms with van der Waals surface area (Å²) >= 11 is 0. The Balaban J connectivity index is 1.48. The molecule has 0 aromatic heterocycles. The first-order valence-electron chi connectivity index (χ1n) is 8.29. The van der Waals surface area contributed by atoms with E-state index in [0.717, 1.165) is 18.4 Å². The lowest BCUT2D eigenvalue weighted by Gasteiger charge is -2.24. The zero-order valence-corrected chi connectivity index (χ0v) is 13.2. The van der Waals surface area contributed by atoms with E-state index in [1.165, 1.54) is 43.5 Å². The van der Waals surface area contributed by atoms with E-state index in [1.807, 2.05) is 0 Å². The SMILES string of the molecule is O=C(NCc1ccc(OC(F)(F)F)cc1)C1CC2CCCCC2N1.